The molecule has 14 heteroatoms. The van der Waals surface area contributed by atoms with E-state index in [-0.39, 0.29) is 27.2 Å². The Hall–Kier alpha value is -3.39. The molecule has 0 heterocycles. The maximum atomic E-state index is 13.9. The number of benzene rings is 2. The van der Waals surface area contributed by atoms with E-state index in [0.29, 0.717) is 11.1 Å². The zero-order valence-electron chi connectivity index (χ0n) is 22.0. The second-order valence-electron chi connectivity index (χ2n) is 8.93. The lowest BCUT2D eigenvalue weighted by Gasteiger charge is -2.13. The van der Waals surface area contributed by atoms with E-state index in [1.807, 2.05) is 0 Å². The number of carbonyl (C=O) groups excluding carboxylic acids is 2. The van der Waals surface area contributed by atoms with Crippen molar-refractivity contribution < 1.29 is 39.9 Å². The van der Waals surface area contributed by atoms with E-state index in [9.17, 15) is 35.2 Å². The van der Waals surface area contributed by atoms with E-state index < -0.39 is 54.7 Å². The van der Waals surface area contributed by atoms with Crippen molar-refractivity contribution >= 4 is 37.5 Å². The van der Waals surface area contributed by atoms with E-state index in [1.165, 1.54) is 0 Å². The molecule has 0 aromatic heterocycles. The third-order valence-corrected chi connectivity index (χ3v) is 7.41. The average Bonchev–Trinajstić information content (AvgIpc) is 2.76. The molecule has 0 fully saturated rings. The first-order valence-electron chi connectivity index (χ1n) is 11.0. The lowest BCUT2D eigenvalue weighted by Crippen LogP contribution is -2.24. The van der Waals surface area contributed by atoms with Gasteiger partial charge in [0.25, 0.3) is 5.91 Å². The van der Waals surface area contributed by atoms with Crippen LogP contribution in [0.3, 0.4) is 0 Å². The van der Waals surface area contributed by atoms with Gasteiger partial charge in [0.15, 0.2) is 25.6 Å². The molecule has 0 bridgehead atoms. The highest BCUT2D eigenvalue weighted by Crippen LogP contribution is 2.28. The van der Waals surface area contributed by atoms with Crippen LogP contribution in [0.15, 0.2) is 39.0 Å². The number of sulfone groups is 2. The Kier molecular flexibility index (Phi) is 10.7. The first-order valence-corrected chi connectivity index (χ1v) is 14.8. The lowest BCUT2D eigenvalue weighted by atomic mass is 10.0. The van der Waals surface area contributed by atoms with Crippen LogP contribution in [0.2, 0.25) is 0 Å². The third kappa shape index (κ3) is 8.31. The van der Waals surface area contributed by atoms with Crippen molar-refractivity contribution in [1.29, 1.82) is 0 Å². The highest BCUT2D eigenvalue weighted by atomic mass is 32.2. The fourth-order valence-electron chi connectivity index (χ4n) is 3.29. The molecule has 2 rings (SSSR count). The molecular formula is C24H31F2N3O7S2. The van der Waals surface area contributed by atoms with Crippen molar-refractivity contribution in [2.24, 2.45) is 16.5 Å². The molecule has 1 amide bonds. The van der Waals surface area contributed by atoms with Crippen molar-refractivity contribution in [1.82, 2.24) is 0 Å². The van der Waals surface area contributed by atoms with Crippen LogP contribution in [0.5, 0.6) is 0 Å². The van der Waals surface area contributed by atoms with Crippen LogP contribution >= 0.6 is 0 Å². The molecule has 2 aromatic carbocycles. The SMILES string of the molecule is CC(C)c1cc(F)c(C(=O)N=C(N)N)cc1S(C)(=O)=O.COC(=O)c1cc(S(C)(=O)=O)c(C(C)C)cc1F. The lowest BCUT2D eigenvalue weighted by molar-refractivity contribution is 0.0595. The smallest absolute Gasteiger partial charge is 0.340 e. The van der Waals surface area contributed by atoms with Crippen molar-refractivity contribution in [2.45, 2.75) is 49.3 Å². The van der Waals surface area contributed by atoms with E-state index in [0.717, 1.165) is 43.9 Å². The summed E-state index contributed by atoms with van der Waals surface area (Å²) < 4.78 is 78.9. The molecule has 0 saturated carbocycles. The van der Waals surface area contributed by atoms with Gasteiger partial charge in [-0.05, 0) is 47.2 Å². The number of amides is 1. The molecule has 210 valence electrons. The zero-order valence-corrected chi connectivity index (χ0v) is 23.6. The van der Waals surface area contributed by atoms with Gasteiger partial charge in [-0.2, -0.15) is 4.99 Å². The Morgan fingerprint density at radius 2 is 1.16 bits per heavy atom. The molecule has 38 heavy (non-hydrogen) atoms. The third-order valence-electron chi connectivity index (χ3n) is 5.11. The topological polar surface area (TPSA) is 176 Å². The molecular weight excluding hydrogens is 544 g/mol. The minimum atomic E-state index is -3.61. The van der Waals surface area contributed by atoms with Gasteiger partial charge in [-0.3, -0.25) is 4.79 Å². The summed E-state index contributed by atoms with van der Waals surface area (Å²) >= 11 is 0. The maximum absolute atomic E-state index is 13.9. The molecule has 0 unspecified atom stereocenters. The summed E-state index contributed by atoms with van der Waals surface area (Å²) in [4.78, 5) is 26.0. The Balaban J connectivity index is 0.000000382. The van der Waals surface area contributed by atoms with Gasteiger partial charge < -0.3 is 16.2 Å². The predicted octanol–water partition coefficient (Wildman–Crippen LogP) is 2.91. The van der Waals surface area contributed by atoms with Gasteiger partial charge in [0.05, 0.1) is 28.0 Å². The number of rotatable bonds is 6. The predicted molar refractivity (Wildman–Crippen MR) is 139 cm³/mol. The molecule has 4 N–H and O–H groups in total. The largest absolute Gasteiger partial charge is 0.465 e. The quantitative estimate of drug-likeness (QED) is 0.227. The van der Waals surface area contributed by atoms with E-state index in [2.05, 4.69) is 9.73 Å². The van der Waals surface area contributed by atoms with Crippen LogP contribution in [-0.2, 0) is 24.4 Å². The van der Waals surface area contributed by atoms with E-state index in [1.54, 1.807) is 27.7 Å². The number of aliphatic imine (C=N–C) groups is 1. The van der Waals surface area contributed by atoms with Crippen LogP contribution in [0.1, 0.15) is 71.4 Å². The maximum Gasteiger partial charge on any atom is 0.340 e. The molecule has 0 atom stereocenters. The number of nitrogens with two attached hydrogens (primary N) is 2. The normalized spacial score (nSPS) is 11.6. The Labute approximate surface area is 220 Å². The van der Waals surface area contributed by atoms with Gasteiger partial charge in [-0.25, -0.2) is 30.4 Å². The number of hydrogen-bond acceptors (Lipinski definition) is 7. The van der Waals surface area contributed by atoms with Crippen LogP contribution in [-0.4, -0.2) is 54.3 Å². The summed E-state index contributed by atoms with van der Waals surface area (Å²) in [5, 5.41) is 0. The number of hydrogen-bond donors (Lipinski definition) is 2. The number of ether oxygens (including phenoxy) is 1. The number of carbonyl (C=O) groups is 2. The van der Waals surface area contributed by atoms with Gasteiger partial charge in [0.1, 0.15) is 11.6 Å². The van der Waals surface area contributed by atoms with Crippen LogP contribution in [0.25, 0.3) is 0 Å². The molecule has 0 aliphatic heterocycles. The molecule has 0 aliphatic rings. The summed E-state index contributed by atoms with van der Waals surface area (Å²) in [7, 11) is -6.03. The first kappa shape index (κ1) is 32.6. The van der Waals surface area contributed by atoms with Gasteiger partial charge in [0, 0.05) is 12.5 Å². The summed E-state index contributed by atoms with van der Waals surface area (Å²) in [5.74, 6) is -4.48. The highest BCUT2D eigenvalue weighted by molar-refractivity contribution is 7.91. The summed E-state index contributed by atoms with van der Waals surface area (Å²) in [6.45, 7) is 6.95. The number of nitrogens with zero attached hydrogens (tertiary/aromatic N) is 1. The van der Waals surface area contributed by atoms with E-state index >= 15 is 0 Å². The number of methoxy groups -OCH3 is 1. The summed E-state index contributed by atoms with van der Waals surface area (Å²) in [6, 6.07) is 4.10. The van der Waals surface area contributed by atoms with Crippen molar-refractivity contribution in [3.63, 3.8) is 0 Å². The second-order valence-corrected chi connectivity index (χ2v) is 12.9. The van der Waals surface area contributed by atoms with Gasteiger partial charge in [-0.1, -0.05) is 27.7 Å². The Morgan fingerprint density at radius 1 is 0.789 bits per heavy atom. The summed E-state index contributed by atoms with van der Waals surface area (Å²) in [5.41, 5.74) is 9.89. The number of guanidine groups is 1. The van der Waals surface area contributed by atoms with Crippen LogP contribution < -0.4 is 11.5 Å². The number of esters is 1. The highest BCUT2D eigenvalue weighted by Gasteiger charge is 2.23. The van der Waals surface area contributed by atoms with Crippen LogP contribution in [0, 0.1) is 11.6 Å². The number of halogens is 2. The fraction of sp³-hybridized carbons (Fsp3) is 0.375. The monoisotopic (exact) mass is 575 g/mol. The molecule has 0 aliphatic carbocycles. The first-order chi connectivity index (χ1) is 17.2. The summed E-state index contributed by atoms with van der Waals surface area (Å²) in [6.07, 6.45) is 2.01. The molecule has 0 radical (unpaired) electrons. The zero-order chi connectivity index (χ0) is 29.7. The van der Waals surface area contributed by atoms with Crippen molar-refractivity contribution in [3.8, 4) is 0 Å². The Morgan fingerprint density at radius 3 is 1.47 bits per heavy atom. The van der Waals surface area contributed by atoms with Gasteiger partial charge in [-0.15, -0.1) is 0 Å². The molecule has 10 nitrogen and oxygen atoms in total. The molecule has 0 saturated heterocycles. The van der Waals surface area contributed by atoms with E-state index in [4.69, 9.17) is 11.5 Å². The average molecular weight is 576 g/mol. The standard InChI is InChI=1S/C12H16FN3O3S.C12H15FO4S/c1-6(2)7-4-9(13)8(11(17)16-12(14)15)5-10(7)20(3,18)19;1-7(2)8-5-10(13)9(12(14)17-3)6-11(8)18(4,15)16/h4-6H,1-3H3,(H4,14,15,16,17);5-7H,1-4H3. The minimum Gasteiger partial charge on any atom is -0.465 e. The second kappa shape index (κ2) is 12.4. The minimum absolute atomic E-state index is 0.0423. The van der Waals surface area contributed by atoms with Crippen LogP contribution in [0.4, 0.5) is 8.78 Å². The van der Waals surface area contributed by atoms with Gasteiger partial charge >= 0.3 is 5.97 Å². The van der Waals surface area contributed by atoms with Crippen molar-refractivity contribution in [2.75, 3.05) is 19.6 Å². The Bertz CT molecular complexity index is 1480. The van der Waals surface area contributed by atoms with Gasteiger partial charge in [0.2, 0.25) is 0 Å². The molecule has 2 aromatic rings. The fourth-order valence-corrected chi connectivity index (χ4v) is 5.40. The molecule has 0 spiro atoms. The van der Waals surface area contributed by atoms with Crippen molar-refractivity contribution in [3.05, 3.63) is 58.2 Å².